The van der Waals surface area contributed by atoms with E-state index >= 15 is 0 Å². The van der Waals surface area contributed by atoms with E-state index in [4.69, 9.17) is 9.47 Å². The second-order valence-corrected chi connectivity index (χ2v) is 5.73. The average molecular weight is 306 g/mol. The molecule has 21 heavy (non-hydrogen) atoms. The van der Waals surface area contributed by atoms with Crippen LogP contribution >= 0.6 is 11.3 Å². The maximum atomic E-state index is 10.6. The highest BCUT2D eigenvalue weighted by atomic mass is 32.1. The Morgan fingerprint density at radius 3 is 2.71 bits per heavy atom. The summed E-state index contributed by atoms with van der Waals surface area (Å²) in [6.07, 6.45) is 0. The van der Waals surface area contributed by atoms with Gasteiger partial charge in [0.15, 0.2) is 11.5 Å². The van der Waals surface area contributed by atoms with Crippen molar-refractivity contribution in [2.75, 3.05) is 13.2 Å². The largest absolute Gasteiger partial charge is 0.486 e. The van der Waals surface area contributed by atoms with E-state index in [1.807, 2.05) is 18.2 Å². The van der Waals surface area contributed by atoms with Crippen molar-refractivity contribution in [1.82, 2.24) is 5.32 Å². The van der Waals surface area contributed by atoms with Crippen molar-refractivity contribution in [2.24, 2.45) is 0 Å². The molecule has 6 nitrogen and oxygen atoms in total. The van der Waals surface area contributed by atoms with Gasteiger partial charge in [0, 0.05) is 24.0 Å². The van der Waals surface area contributed by atoms with Crippen molar-refractivity contribution in [1.29, 1.82) is 0 Å². The number of nitro groups is 1. The smallest absolute Gasteiger partial charge is 0.324 e. The van der Waals surface area contributed by atoms with Crippen molar-refractivity contribution in [2.45, 2.75) is 13.1 Å². The molecule has 1 aliphatic heterocycles. The zero-order valence-electron chi connectivity index (χ0n) is 11.2. The monoisotopic (exact) mass is 306 g/mol. The summed E-state index contributed by atoms with van der Waals surface area (Å²) in [5.74, 6) is 1.55. The van der Waals surface area contributed by atoms with Crippen LogP contribution in [0.15, 0.2) is 30.3 Å². The normalized spacial score (nSPS) is 13.1. The van der Waals surface area contributed by atoms with Crippen LogP contribution in [0.2, 0.25) is 0 Å². The fourth-order valence-corrected chi connectivity index (χ4v) is 2.88. The quantitative estimate of drug-likeness (QED) is 0.679. The predicted octanol–water partition coefficient (Wildman–Crippen LogP) is 2.72. The molecule has 0 bridgehead atoms. The van der Waals surface area contributed by atoms with Crippen molar-refractivity contribution in [3.63, 3.8) is 0 Å². The molecule has 0 spiro atoms. The molecule has 1 N–H and O–H groups in total. The fraction of sp³-hybridized carbons (Fsp3) is 0.286. The van der Waals surface area contributed by atoms with Gasteiger partial charge in [0.2, 0.25) is 0 Å². The number of rotatable bonds is 5. The molecular weight excluding hydrogens is 292 g/mol. The predicted molar refractivity (Wildman–Crippen MR) is 78.9 cm³/mol. The van der Waals surface area contributed by atoms with E-state index < -0.39 is 0 Å². The highest BCUT2D eigenvalue weighted by molar-refractivity contribution is 7.15. The Balaban J connectivity index is 1.56. The van der Waals surface area contributed by atoms with Crippen LogP contribution < -0.4 is 14.8 Å². The van der Waals surface area contributed by atoms with E-state index in [1.54, 1.807) is 6.07 Å². The average Bonchev–Trinajstić information content (AvgIpc) is 2.96. The standard InChI is InChI=1S/C14H14N2O4S/c17-16(18)14-4-2-11(21-14)9-15-8-10-1-3-12-13(7-10)20-6-5-19-12/h1-4,7,15H,5-6,8-9H2. The summed E-state index contributed by atoms with van der Waals surface area (Å²) in [6, 6.07) is 9.16. The zero-order valence-corrected chi connectivity index (χ0v) is 12.0. The molecule has 0 amide bonds. The second kappa shape index (κ2) is 6.11. The Morgan fingerprint density at radius 2 is 1.95 bits per heavy atom. The topological polar surface area (TPSA) is 73.6 Å². The van der Waals surface area contributed by atoms with E-state index in [1.165, 1.54) is 17.4 Å². The number of benzene rings is 1. The first kappa shape index (κ1) is 13.8. The molecule has 0 atom stereocenters. The van der Waals surface area contributed by atoms with Crippen LogP contribution in [0.1, 0.15) is 10.4 Å². The first-order valence-electron chi connectivity index (χ1n) is 6.55. The van der Waals surface area contributed by atoms with Crippen LogP contribution in [-0.4, -0.2) is 18.1 Å². The van der Waals surface area contributed by atoms with Gasteiger partial charge in [-0.3, -0.25) is 10.1 Å². The first-order chi connectivity index (χ1) is 10.2. The van der Waals surface area contributed by atoms with E-state index in [9.17, 15) is 10.1 Å². The third kappa shape index (κ3) is 3.32. The summed E-state index contributed by atoms with van der Waals surface area (Å²) in [7, 11) is 0. The summed E-state index contributed by atoms with van der Waals surface area (Å²) >= 11 is 1.19. The molecule has 2 aromatic rings. The Morgan fingerprint density at radius 1 is 1.14 bits per heavy atom. The molecule has 1 aliphatic rings. The molecule has 3 rings (SSSR count). The highest BCUT2D eigenvalue weighted by Gasteiger charge is 2.12. The van der Waals surface area contributed by atoms with Gasteiger partial charge >= 0.3 is 5.00 Å². The number of hydrogen-bond acceptors (Lipinski definition) is 6. The lowest BCUT2D eigenvalue weighted by molar-refractivity contribution is -0.380. The second-order valence-electron chi connectivity index (χ2n) is 4.58. The van der Waals surface area contributed by atoms with Gasteiger partial charge in [-0.1, -0.05) is 17.4 Å². The molecule has 1 aromatic heterocycles. The summed E-state index contributed by atoms with van der Waals surface area (Å²) in [6.45, 7) is 2.43. The third-order valence-electron chi connectivity index (χ3n) is 3.06. The summed E-state index contributed by atoms with van der Waals surface area (Å²) in [5.41, 5.74) is 1.09. The highest BCUT2D eigenvalue weighted by Crippen LogP contribution is 2.30. The van der Waals surface area contributed by atoms with E-state index in [-0.39, 0.29) is 9.92 Å². The van der Waals surface area contributed by atoms with Gasteiger partial charge in [0.25, 0.3) is 0 Å². The van der Waals surface area contributed by atoms with Crippen molar-refractivity contribution < 1.29 is 14.4 Å². The zero-order chi connectivity index (χ0) is 14.7. The third-order valence-corrected chi connectivity index (χ3v) is 4.10. The number of hydrogen-bond donors (Lipinski definition) is 1. The molecule has 0 aliphatic carbocycles. The molecule has 0 radical (unpaired) electrons. The minimum Gasteiger partial charge on any atom is -0.486 e. The van der Waals surface area contributed by atoms with Gasteiger partial charge in [-0.15, -0.1) is 0 Å². The molecule has 0 fully saturated rings. The summed E-state index contributed by atoms with van der Waals surface area (Å²) < 4.78 is 11.0. The Labute approximate surface area is 125 Å². The molecule has 1 aromatic carbocycles. The van der Waals surface area contributed by atoms with Gasteiger partial charge in [0.05, 0.1) is 4.92 Å². The van der Waals surface area contributed by atoms with Crippen molar-refractivity contribution >= 4 is 16.3 Å². The van der Waals surface area contributed by atoms with Gasteiger partial charge in [-0.2, -0.15) is 0 Å². The molecule has 2 heterocycles. The molecule has 0 saturated heterocycles. The van der Waals surface area contributed by atoms with Crippen molar-refractivity contribution in [3.8, 4) is 11.5 Å². The number of nitrogens with one attached hydrogen (secondary N) is 1. The fourth-order valence-electron chi connectivity index (χ4n) is 2.09. The number of thiophene rings is 1. The minimum absolute atomic E-state index is 0.172. The van der Waals surface area contributed by atoms with Gasteiger partial charge in [-0.25, -0.2) is 0 Å². The molecule has 110 valence electrons. The molecule has 0 unspecified atom stereocenters. The van der Waals surface area contributed by atoms with Crippen LogP contribution in [0.5, 0.6) is 11.5 Å². The van der Waals surface area contributed by atoms with E-state index in [0.29, 0.717) is 26.3 Å². The van der Waals surface area contributed by atoms with Gasteiger partial charge in [0.1, 0.15) is 13.2 Å². The van der Waals surface area contributed by atoms with Gasteiger partial charge < -0.3 is 14.8 Å². The van der Waals surface area contributed by atoms with Gasteiger partial charge in [-0.05, 0) is 23.8 Å². The maximum Gasteiger partial charge on any atom is 0.324 e. The van der Waals surface area contributed by atoms with Crippen molar-refractivity contribution in [3.05, 3.63) is 50.9 Å². The van der Waals surface area contributed by atoms with E-state index in [2.05, 4.69) is 5.32 Å². The lowest BCUT2D eigenvalue weighted by Gasteiger charge is -2.18. The Hall–Kier alpha value is -2.12. The number of fused-ring (bicyclic) bond motifs is 1. The summed E-state index contributed by atoms with van der Waals surface area (Å²) in [5, 5.41) is 14.1. The Kier molecular flexibility index (Phi) is 4.03. The van der Waals surface area contributed by atoms with E-state index in [0.717, 1.165) is 21.9 Å². The molecular formula is C14H14N2O4S. The number of nitrogens with zero attached hydrogens (tertiary/aromatic N) is 1. The summed E-state index contributed by atoms with van der Waals surface area (Å²) in [4.78, 5) is 11.2. The Bertz CT molecular complexity index is 656. The molecule has 0 saturated carbocycles. The van der Waals surface area contributed by atoms with Crippen LogP contribution in [0.3, 0.4) is 0 Å². The first-order valence-corrected chi connectivity index (χ1v) is 7.36. The van der Waals surface area contributed by atoms with Crippen LogP contribution in [0.4, 0.5) is 5.00 Å². The minimum atomic E-state index is -0.366. The van der Waals surface area contributed by atoms with Crippen LogP contribution in [0, 0.1) is 10.1 Å². The lowest BCUT2D eigenvalue weighted by Crippen LogP contribution is -2.16. The van der Waals surface area contributed by atoms with Crippen LogP contribution in [0.25, 0.3) is 0 Å². The maximum absolute atomic E-state index is 10.6. The molecule has 7 heteroatoms. The van der Waals surface area contributed by atoms with Crippen LogP contribution in [-0.2, 0) is 13.1 Å². The lowest BCUT2D eigenvalue weighted by atomic mass is 10.2. The number of ether oxygens (including phenoxy) is 2. The SMILES string of the molecule is O=[N+]([O-])c1ccc(CNCc2ccc3c(c2)OCCO3)s1.